The summed E-state index contributed by atoms with van der Waals surface area (Å²) in [6.07, 6.45) is -2.61. The highest BCUT2D eigenvalue weighted by Gasteiger charge is 2.07. The maximum atomic E-state index is 11.4. The molecular formula is C6H8F2O2. The zero-order chi connectivity index (χ0) is 8.15. The Morgan fingerprint density at radius 3 is 2.50 bits per heavy atom. The van der Waals surface area contributed by atoms with Gasteiger partial charge in [0.2, 0.25) is 0 Å². The van der Waals surface area contributed by atoms with E-state index in [1.54, 1.807) is 0 Å². The van der Waals surface area contributed by atoms with Crippen LogP contribution in [0.4, 0.5) is 8.78 Å². The molecule has 0 spiro atoms. The van der Waals surface area contributed by atoms with Crippen LogP contribution in [0.5, 0.6) is 0 Å². The van der Waals surface area contributed by atoms with Crippen molar-refractivity contribution in [2.24, 2.45) is 0 Å². The molecule has 0 radical (unpaired) electrons. The molecule has 0 aliphatic carbocycles. The molecule has 0 N–H and O–H groups in total. The van der Waals surface area contributed by atoms with Crippen LogP contribution in [0.15, 0.2) is 12.2 Å². The molecule has 0 bridgehead atoms. The SMILES string of the molecule is C=C(C)C(=O)OCC(F)F. The summed E-state index contributed by atoms with van der Waals surface area (Å²) in [4.78, 5) is 10.4. The Bertz CT molecular complexity index is 143. The predicted octanol–water partition coefficient (Wildman–Crippen LogP) is 1.37. The molecule has 0 saturated carbocycles. The first kappa shape index (κ1) is 9.07. The summed E-state index contributed by atoms with van der Waals surface area (Å²) in [6.45, 7) is 3.75. The van der Waals surface area contributed by atoms with E-state index < -0.39 is 19.0 Å². The number of ether oxygens (including phenoxy) is 1. The highest BCUT2D eigenvalue weighted by molar-refractivity contribution is 5.86. The van der Waals surface area contributed by atoms with Gasteiger partial charge in [0, 0.05) is 5.57 Å². The van der Waals surface area contributed by atoms with Crippen LogP contribution in [0.2, 0.25) is 0 Å². The Balaban J connectivity index is 3.50. The first-order valence-electron chi connectivity index (χ1n) is 2.65. The van der Waals surface area contributed by atoms with Crippen LogP contribution in [-0.2, 0) is 9.53 Å². The number of alkyl halides is 2. The van der Waals surface area contributed by atoms with Gasteiger partial charge in [-0.25, -0.2) is 13.6 Å². The zero-order valence-electron chi connectivity index (χ0n) is 5.56. The lowest BCUT2D eigenvalue weighted by atomic mass is 10.4. The molecule has 0 aliphatic rings. The lowest BCUT2D eigenvalue weighted by molar-refractivity contribution is -0.142. The number of rotatable bonds is 3. The van der Waals surface area contributed by atoms with Gasteiger partial charge >= 0.3 is 5.97 Å². The molecule has 0 atom stereocenters. The monoisotopic (exact) mass is 150 g/mol. The lowest BCUT2D eigenvalue weighted by Gasteiger charge is -2.01. The molecule has 0 aromatic rings. The number of carbonyl (C=O) groups excluding carboxylic acids is 1. The van der Waals surface area contributed by atoms with E-state index in [9.17, 15) is 13.6 Å². The Hall–Kier alpha value is -0.930. The largest absolute Gasteiger partial charge is 0.456 e. The maximum Gasteiger partial charge on any atom is 0.333 e. The summed E-state index contributed by atoms with van der Waals surface area (Å²) >= 11 is 0. The molecule has 0 aromatic carbocycles. The quantitative estimate of drug-likeness (QED) is 0.448. The topological polar surface area (TPSA) is 26.3 Å². The number of hydrogen-bond acceptors (Lipinski definition) is 2. The third-order valence-corrected chi connectivity index (χ3v) is 0.689. The van der Waals surface area contributed by atoms with Gasteiger partial charge in [-0.15, -0.1) is 0 Å². The Morgan fingerprint density at radius 2 is 2.20 bits per heavy atom. The minimum absolute atomic E-state index is 0.126. The minimum atomic E-state index is -2.61. The van der Waals surface area contributed by atoms with E-state index in [1.807, 2.05) is 0 Å². The highest BCUT2D eigenvalue weighted by atomic mass is 19.3. The fourth-order valence-electron chi connectivity index (χ4n) is 0.262. The van der Waals surface area contributed by atoms with Gasteiger partial charge in [-0.1, -0.05) is 6.58 Å². The first-order valence-corrected chi connectivity index (χ1v) is 2.65. The Labute approximate surface area is 57.5 Å². The summed E-state index contributed by atoms with van der Waals surface area (Å²) in [7, 11) is 0. The molecule has 58 valence electrons. The summed E-state index contributed by atoms with van der Waals surface area (Å²) in [5.74, 6) is -0.777. The van der Waals surface area contributed by atoms with Gasteiger partial charge in [0.25, 0.3) is 6.43 Å². The smallest absolute Gasteiger partial charge is 0.333 e. The fourth-order valence-corrected chi connectivity index (χ4v) is 0.262. The molecule has 10 heavy (non-hydrogen) atoms. The van der Waals surface area contributed by atoms with Crippen molar-refractivity contribution >= 4 is 5.97 Å². The Morgan fingerprint density at radius 1 is 1.70 bits per heavy atom. The van der Waals surface area contributed by atoms with Crippen molar-refractivity contribution in [3.63, 3.8) is 0 Å². The van der Waals surface area contributed by atoms with Gasteiger partial charge in [0.15, 0.2) is 6.61 Å². The molecule has 4 heteroatoms. The van der Waals surface area contributed by atoms with Crippen molar-refractivity contribution in [3.8, 4) is 0 Å². The fraction of sp³-hybridized carbons (Fsp3) is 0.500. The van der Waals surface area contributed by atoms with Crippen LogP contribution in [0.25, 0.3) is 0 Å². The van der Waals surface area contributed by atoms with Gasteiger partial charge in [0.05, 0.1) is 0 Å². The van der Waals surface area contributed by atoms with Gasteiger partial charge in [-0.05, 0) is 6.92 Å². The molecule has 0 fully saturated rings. The maximum absolute atomic E-state index is 11.4. The Kier molecular flexibility index (Phi) is 3.61. The zero-order valence-corrected chi connectivity index (χ0v) is 5.56. The number of carbonyl (C=O) groups is 1. The third kappa shape index (κ3) is 4.00. The second-order valence-electron chi connectivity index (χ2n) is 1.77. The third-order valence-electron chi connectivity index (χ3n) is 0.689. The molecule has 0 heterocycles. The number of esters is 1. The van der Waals surface area contributed by atoms with Crippen molar-refractivity contribution in [1.82, 2.24) is 0 Å². The highest BCUT2D eigenvalue weighted by Crippen LogP contribution is 1.96. The molecule has 0 aliphatic heterocycles. The lowest BCUT2D eigenvalue weighted by Crippen LogP contribution is -2.11. The van der Waals surface area contributed by atoms with Gasteiger partial charge in [0.1, 0.15) is 0 Å². The van der Waals surface area contributed by atoms with Gasteiger partial charge < -0.3 is 4.74 Å². The standard InChI is InChI=1S/C6H8F2O2/c1-4(2)6(9)10-3-5(7)8/h5H,1,3H2,2H3. The number of hydrogen-bond donors (Lipinski definition) is 0. The second kappa shape index (κ2) is 3.98. The van der Waals surface area contributed by atoms with Crippen LogP contribution < -0.4 is 0 Å². The summed E-state index contributed by atoms with van der Waals surface area (Å²) in [5, 5.41) is 0. The molecule has 0 amide bonds. The van der Waals surface area contributed by atoms with Crippen LogP contribution in [-0.4, -0.2) is 19.0 Å². The average molecular weight is 150 g/mol. The second-order valence-corrected chi connectivity index (χ2v) is 1.77. The van der Waals surface area contributed by atoms with E-state index >= 15 is 0 Å². The van der Waals surface area contributed by atoms with E-state index in [-0.39, 0.29) is 5.57 Å². The van der Waals surface area contributed by atoms with E-state index in [0.717, 1.165) is 0 Å². The molecule has 0 saturated heterocycles. The van der Waals surface area contributed by atoms with Gasteiger partial charge in [-0.3, -0.25) is 0 Å². The van der Waals surface area contributed by atoms with Crippen molar-refractivity contribution < 1.29 is 18.3 Å². The van der Waals surface area contributed by atoms with Crippen molar-refractivity contribution in [2.45, 2.75) is 13.3 Å². The normalized spacial score (nSPS) is 9.60. The van der Waals surface area contributed by atoms with E-state index in [2.05, 4.69) is 11.3 Å². The van der Waals surface area contributed by atoms with Crippen LogP contribution >= 0.6 is 0 Å². The molecular weight excluding hydrogens is 142 g/mol. The van der Waals surface area contributed by atoms with Gasteiger partial charge in [-0.2, -0.15) is 0 Å². The summed E-state index contributed by atoms with van der Waals surface area (Å²) in [6, 6.07) is 0. The predicted molar refractivity (Wildman–Crippen MR) is 31.8 cm³/mol. The van der Waals surface area contributed by atoms with Crippen LogP contribution in [0.1, 0.15) is 6.92 Å². The van der Waals surface area contributed by atoms with E-state index in [1.165, 1.54) is 6.92 Å². The van der Waals surface area contributed by atoms with Crippen molar-refractivity contribution in [2.75, 3.05) is 6.61 Å². The summed E-state index contributed by atoms with van der Waals surface area (Å²) in [5.41, 5.74) is 0.126. The van der Waals surface area contributed by atoms with Crippen molar-refractivity contribution in [1.29, 1.82) is 0 Å². The first-order chi connectivity index (χ1) is 4.54. The van der Waals surface area contributed by atoms with Crippen LogP contribution in [0.3, 0.4) is 0 Å². The molecule has 2 nitrogen and oxygen atoms in total. The van der Waals surface area contributed by atoms with E-state index in [0.29, 0.717) is 0 Å². The van der Waals surface area contributed by atoms with Crippen molar-refractivity contribution in [3.05, 3.63) is 12.2 Å². The molecule has 0 unspecified atom stereocenters. The summed E-state index contributed by atoms with van der Waals surface area (Å²) < 4.78 is 26.8. The molecule has 0 rings (SSSR count). The minimum Gasteiger partial charge on any atom is -0.456 e. The molecule has 0 aromatic heterocycles. The van der Waals surface area contributed by atoms with Crippen LogP contribution in [0, 0.1) is 0 Å². The van der Waals surface area contributed by atoms with E-state index in [4.69, 9.17) is 0 Å². The number of halogens is 2. The average Bonchev–Trinajstić information content (AvgIpc) is 1.82.